The van der Waals surface area contributed by atoms with Crippen LogP contribution in [0, 0.1) is 0 Å². The van der Waals surface area contributed by atoms with Crippen LogP contribution in [0.15, 0.2) is 108 Å². The van der Waals surface area contributed by atoms with Crippen molar-refractivity contribution in [1.82, 2.24) is 9.55 Å². The van der Waals surface area contributed by atoms with Crippen molar-refractivity contribution >= 4 is 65.6 Å². The van der Waals surface area contributed by atoms with Crippen LogP contribution in [-0.2, 0) is 0 Å². The lowest BCUT2D eigenvalue weighted by atomic mass is 10.1. The Balaban J connectivity index is 1.62. The quantitative estimate of drug-likeness (QED) is 0.283. The van der Waals surface area contributed by atoms with E-state index in [4.69, 9.17) is 4.42 Å². The number of para-hydroxylation sites is 3. The van der Waals surface area contributed by atoms with Gasteiger partial charge in [0.15, 0.2) is 0 Å². The van der Waals surface area contributed by atoms with Crippen LogP contribution in [0.5, 0.6) is 0 Å². The van der Waals surface area contributed by atoms with E-state index in [9.17, 15) is 0 Å². The topological polar surface area (TPSA) is 33.9 Å². The molecule has 0 saturated carbocycles. The fraction of sp³-hybridized carbons (Fsp3) is 0. The molecule has 3 nitrogen and oxygen atoms in total. The van der Waals surface area contributed by atoms with E-state index in [-0.39, 0.29) is 0 Å². The Bertz CT molecular complexity index is 2020. The SMILES string of the molecule is c1ccc(-n2c3ccccc3c3ccc4c([nH]c5ccc6c7ccccc7oc6c54)c32)cc1. The first kappa shape index (κ1) is 17.1. The Morgan fingerprint density at radius 3 is 2.21 bits per heavy atom. The normalized spacial score (nSPS) is 12.2. The van der Waals surface area contributed by atoms with Gasteiger partial charge in [0.2, 0.25) is 0 Å². The highest BCUT2D eigenvalue weighted by molar-refractivity contribution is 6.28. The average Bonchev–Trinajstić information content (AvgIpc) is 3.53. The molecule has 0 aliphatic rings. The largest absolute Gasteiger partial charge is 0.455 e. The zero-order valence-electron chi connectivity index (χ0n) is 17.7. The molecule has 5 aromatic carbocycles. The summed E-state index contributed by atoms with van der Waals surface area (Å²) >= 11 is 0. The van der Waals surface area contributed by atoms with Crippen molar-refractivity contribution in [1.29, 1.82) is 0 Å². The van der Waals surface area contributed by atoms with E-state index in [0.717, 1.165) is 44.0 Å². The molecule has 3 heterocycles. The minimum atomic E-state index is 0.925. The van der Waals surface area contributed by atoms with Gasteiger partial charge >= 0.3 is 0 Å². The van der Waals surface area contributed by atoms with Gasteiger partial charge in [-0.3, -0.25) is 0 Å². The summed E-state index contributed by atoms with van der Waals surface area (Å²) in [6.45, 7) is 0. The second kappa shape index (κ2) is 6.05. The number of aromatic nitrogens is 2. The molecule has 154 valence electrons. The van der Waals surface area contributed by atoms with Crippen LogP contribution >= 0.6 is 0 Å². The van der Waals surface area contributed by atoms with Crippen LogP contribution in [0.25, 0.3) is 71.2 Å². The van der Waals surface area contributed by atoms with Crippen LogP contribution in [-0.4, -0.2) is 9.55 Å². The zero-order valence-corrected chi connectivity index (χ0v) is 17.7. The monoisotopic (exact) mass is 422 g/mol. The molecule has 8 rings (SSSR count). The molecule has 0 aliphatic carbocycles. The number of fused-ring (bicyclic) bond motifs is 11. The first-order chi connectivity index (χ1) is 16.4. The molecule has 8 aromatic rings. The third-order valence-electron chi connectivity index (χ3n) is 6.93. The smallest absolute Gasteiger partial charge is 0.145 e. The predicted octanol–water partition coefficient (Wildman–Crippen LogP) is 8.32. The summed E-state index contributed by atoms with van der Waals surface area (Å²) in [5, 5.41) is 7.14. The molecule has 1 N–H and O–H groups in total. The van der Waals surface area contributed by atoms with Crippen molar-refractivity contribution in [3.63, 3.8) is 0 Å². The van der Waals surface area contributed by atoms with E-state index in [0.29, 0.717) is 0 Å². The van der Waals surface area contributed by atoms with E-state index in [2.05, 4.69) is 101 Å². The summed E-state index contributed by atoms with van der Waals surface area (Å²) in [7, 11) is 0. The fourth-order valence-electron chi connectivity index (χ4n) is 5.53. The minimum Gasteiger partial charge on any atom is -0.455 e. The predicted molar refractivity (Wildman–Crippen MR) is 137 cm³/mol. The molecule has 0 spiro atoms. The summed E-state index contributed by atoms with van der Waals surface area (Å²) in [6.07, 6.45) is 0. The second-order valence-electron chi connectivity index (χ2n) is 8.66. The van der Waals surface area contributed by atoms with Gasteiger partial charge < -0.3 is 14.0 Å². The molecule has 0 unspecified atom stereocenters. The second-order valence-corrected chi connectivity index (χ2v) is 8.66. The van der Waals surface area contributed by atoms with Gasteiger partial charge in [-0.2, -0.15) is 0 Å². The highest BCUT2D eigenvalue weighted by Gasteiger charge is 2.19. The van der Waals surface area contributed by atoms with Crippen molar-refractivity contribution in [3.05, 3.63) is 103 Å². The van der Waals surface area contributed by atoms with Gasteiger partial charge in [0.1, 0.15) is 11.2 Å². The first-order valence-corrected chi connectivity index (χ1v) is 11.2. The lowest BCUT2D eigenvalue weighted by molar-refractivity contribution is 0.673. The Morgan fingerprint density at radius 2 is 1.30 bits per heavy atom. The highest BCUT2D eigenvalue weighted by atomic mass is 16.3. The number of hydrogen-bond acceptors (Lipinski definition) is 1. The molecule has 3 heteroatoms. The van der Waals surface area contributed by atoms with Crippen molar-refractivity contribution < 1.29 is 4.42 Å². The zero-order chi connectivity index (χ0) is 21.5. The minimum absolute atomic E-state index is 0.925. The van der Waals surface area contributed by atoms with Gasteiger partial charge in [0, 0.05) is 32.6 Å². The molecule has 0 aliphatic heterocycles. The summed E-state index contributed by atoms with van der Waals surface area (Å²) in [4.78, 5) is 3.75. The maximum Gasteiger partial charge on any atom is 0.145 e. The maximum absolute atomic E-state index is 6.39. The first-order valence-electron chi connectivity index (χ1n) is 11.2. The van der Waals surface area contributed by atoms with Crippen LogP contribution in [0.2, 0.25) is 0 Å². The number of nitrogens with zero attached hydrogens (tertiary/aromatic N) is 1. The Kier molecular flexibility index (Phi) is 3.14. The molecule has 0 atom stereocenters. The Hall–Kier alpha value is -4.50. The van der Waals surface area contributed by atoms with Crippen LogP contribution in [0.4, 0.5) is 0 Å². The maximum atomic E-state index is 6.39. The third kappa shape index (κ3) is 2.14. The van der Waals surface area contributed by atoms with Gasteiger partial charge in [0.05, 0.1) is 27.5 Å². The third-order valence-corrected chi connectivity index (χ3v) is 6.93. The van der Waals surface area contributed by atoms with E-state index >= 15 is 0 Å². The van der Waals surface area contributed by atoms with Crippen molar-refractivity contribution in [2.45, 2.75) is 0 Å². The number of aromatic amines is 1. The van der Waals surface area contributed by atoms with Crippen LogP contribution in [0.3, 0.4) is 0 Å². The molecule has 0 bridgehead atoms. The van der Waals surface area contributed by atoms with Gasteiger partial charge in [-0.25, -0.2) is 0 Å². The Morgan fingerprint density at radius 1 is 0.576 bits per heavy atom. The van der Waals surface area contributed by atoms with Gasteiger partial charge in [-0.05, 0) is 36.4 Å². The van der Waals surface area contributed by atoms with Crippen molar-refractivity contribution in [2.24, 2.45) is 0 Å². The van der Waals surface area contributed by atoms with Crippen LogP contribution < -0.4 is 0 Å². The van der Waals surface area contributed by atoms with E-state index < -0.39 is 0 Å². The van der Waals surface area contributed by atoms with Gasteiger partial charge in [-0.15, -0.1) is 0 Å². The molecule has 33 heavy (non-hydrogen) atoms. The van der Waals surface area contributed by atoms with E-state index in [1.165, 1.54) is 27.2 Å². The summed E-state index contributed by atoms with van der Waals surface area (Å²) in [6, 6.07) is 36.4. The van der Waals surface area contributed by atoms with Gasteiger partial charge in [-0.1, -0.05) is 66.7 Å². The molecule has 0 fully saturated rings. The molecule has 3 aromatic heterocycles. The standard InChI is InChI=1S/C30H18N2O/c1-2-8-18(9-3-1)32-25-12-6-4-10-19(25)21-14-15-23-27-24(31-28(23)29(21)32)17-16-22-20-11-5-7-13-26(20)33-30(22)27/h1-17,31H. The van der Waals surface area contributed by atoms with Crippen molar-refractivity contribution in [2.75, 3.05) is 0 Å². The summed E-state index contributed by atoms with van der Waals surface area (Å²) < 4.78 is 8.76. The van der Waals surface area contributed by atoms with Gasteiger partial charge in [0.25, 0.3) is 0 Å². The number of benzene rings is 5. The number of rotatable bonds is 1. The van der Waals surface area contributed by atoms with Crippen LogP contribution in [0.1, 0.15) is 0 Å². The number of hydrogen-bond donors (Lipinski definition) is 1. The number of nitrogens with one attached hydrogen (secondary N) is 1. The molecule has 0 amide bonds. The van der Waals surface area contributed by atoms with Crippen molar-refractivity contribution in [3.8, 4) is 5.69 Å². The molecular formula is C30H18N2O. The summed E-state index contributed by atoms with van der Waals surface area (Å²) in [5.74, 6) is 0. The lowest BCUT2D eigenvalue weighted by Crippen LogP contribution is -1.93. The molecular weight excluding hydrogens is 404 g/mol. The summed E-state index contributed by atoms with van der Waals surface area (Å²) in [5.41, 5.74) is 7.66. The molecule has 0 radical (unpaired) electrons. The number of H-pyrrole nitrogens is 1. The fourth-order valence-corrected chi connectivity index (χ4v) is 5.53. The molecule has 0 saturated heterocycles. The highest BCUT2D eigenvalue weighted by Crippen LogP contribution is 2.42. The number of furan rings is 1. The Labute approximate surface area is 188 Å². The van der Waals surface area contributed by atoms with E-state index in [1.54, 1.807) is 0 Å². The lowest BCUT2D eigenvalue weighted by Gasteiger charge is -2.08. The average molecular weight is 422 g/mol. The van der Waals surface area contributed by atoms with E-state index in [1.807, 2.05) is 12.1 Å².